The third-order valence-corrected chi connectivity index (χ3v) is 4.74. The number of hydrogen-bond donors (Lipinski definition) is 1. The van der Waals surface area contributed by atoms with Gasteiger partial charge in [0, 0.05) is 11.7 Å². The molecule has 3 rings (SSSR count). The van der Waals surface area contributed by atoms with E-state index in [2.05, 4.69) is 10.3 Å². The number of rotatable bonds is 4. The van der Waals surface area contributed by atoms with Crippen molar-refractivity contribution in [3.8, 4) is 0 Å². The number of nitrogens with one attached hydrogen (secondary N) is 1. The van der Waals surface area contributed by atoms with Crippen molar-refractivity contribution in [2.75, 3.05) is 5.32 Å². The summed E-state index contributed by atoms with van der Waals surface area (Å²) < 4.78 is 17.2. The average molecular weight is 354 g/mol. The molecule has 7 heteroatoms. The van der Waals surface area contributed by atoms with Crippen LogP contribution >= 0.6 is 0 Å². The van der Waals surface area contributed by atoms with Gasteiger partial charge >= 0.3 is 13.2 Å². The topological polar surface area (TPSA) is 69.7 Å². The van der Waals surface area contributed by atoms with E-state index in [-0.39, 0.29) is 6.61 Å². The number of amides is 1. The number of nitrogens with zero attached hydrogens (tertiary/aromatic N) is 1. The summed E-state index contributed by atoms with van der Waals surface area (Å²) >= 11 is 0. The fourth-order valence-corrected chi connectivity index (χ4v) is 2.51. The Morgan fingerprint density at radius 3 is 2.42 bits per heavy atom. The van der Waals surface area contributed by atoms with Gasteiger partial charge in [-0.1, -0.05) is 30.3 Å². The molecule has 0 radical (unpaired) electrons. The van der Waals surface area contributed by atoms with E-state index in [1.807, 2.05) is 58.0 Å². The molecule has 1 aromatic carbocycles. The summed E-state index contributed by atoms with van der Waals surface area (Å²) in [7, 11) is -0.533. The number of benzene rings is 1. The van der Waals surface area contributed by atoms with Crippen LogP contribution in [-0.2, 0) is 20.7 Å². The fraction of sp³-hybridized carbons (Fsp3) is 0.368. The van der Waals surface area contributed by atoms with Crippen LogP contribution in [0.2, 0.25) is 0 Å². The van der Waals surface area contributed by atoms with Gasteiger partial charge in [-0.15, -0.1) is 0 Å². The number of ether oxygens (including phenoxy) is 1. The number of carbonyl (C=O) groups is 1. The quantitative estimate of drug-likeness (QED) is 0.855. The van der Waals surface area contributed by atoms with Gasteiger partial charge in [-0.25, -0.2) is 4.79 Å². The molecule has 26 heavy (non-hydrogen) atoms. The van der Waals surface area contributed by atoms with E-state index in [1.165, 1.54) is 0 Å². The van der Waals surface area contributed by atoms with Crippen LogP contribution in [0.5, 0.6) is 0 Å². The minimum absolute atomic E-state index is 0.205. The predicted molar refractivity (Wildman–Crippen MR) is 100 cm³/mol. The molecule has 0 spiro atoms. The molecule has 1 aliphatic heterocycles. The summed E-state index contributed by atoms with van der Waals surface area (Å²) in [5, 5.41) is 2.68. The van der Waals surface area contributed by atoms with Gasteiger partial charge < -0.3 is 14.0 Å². The lowest BCUT2D eigenvalue weighted by Crippen LogP contribution is -2.41. The van der Waals surface area contributed by atoms with Crippen LogP contribution in [0.3, 0.4) is 0 Å². The largest absolute Gasteiger partial charge is 0.496 e. The summed E-state index contributed by atoms with van der Waals surface area (Å²) in [5.74, 6) is 0. The Bertz CT molecular complexity index is 764. The van der Waals surface area contributed by atoms with Gasteiger partial charge in [0.15, 0.2) is 0 Å². The number of aromatic nitrogens is 1. The van der Waals surface area contributed by atoms with Crippen molar-refractivity contribution in [2.24, 2.45) is 0 Å². The van der Waals surface area contributed by atoms with Crippen molar-refractivity contribution in [1.82, 2.24) is 4.98 Å². The molecule has 0 unspecified atom stereocenters. The van der Waals surface area contributed by atoms with Gasteiger partial charge in [-0.05, 0) is 39.3 Å². The van der Waals surface area contributed by atoms with Gasteiger partial charge in [0.1, 0.15) is 6.61 Å². The maximum Gasteiger partial charge on any atom is 0.496 e. The summed E-state index contributed by atoms with van der Waals surface area (Å²) in [6.45, 7) is 8.16. The number of carbonyl (C=O) groups excluding carboxylic acids is 1. The first-order valence-corrected chi connectivity index (χ1v) is 8.55. The van der Waals surface area contributed by atoms with E-state index in [0.717, 1.165) is 11.0 Å². The van der Waals surface area contributed by atoms with Crippen LogP contribution in [0.4, 0.5) is 10.5 Å². The smallest absolute Gasteiger partial charge is 0.444 e. The third-order valence-electron chi connectivity index (χ3n) is 4.74. The maximum absolute atomic E-state index is 12.0. The van der Waals surface area contributed by atoms with Crippen molar-refractivity contribution in [2.45, 2.75) is 45.5 Å². The van der Waals surface area contributed by atoms with Gasteiger partial charge in [0.2, 0.25) is 0 Å². The molecule has 2 heterocycles. The summed E-state index contributed by atoms with van der Waals surface area (Å²) in [5.41, 5.74) is 1.32. The van der Waals surface area contributed by atoms with Crippen molar-refractivity contribution in [3.63, 3.8) is 0 Å². The highest BCUT2D eigenvalue weighted by molar-refractivity contribution is 6.62. The van der Waals surface area contributed by atoms with Crippen LogP contribution in [0.25, 0.3) is 0 Å². The van der Waals surface area contributed by atoms with Crippen molar-refractivity contribution < 1.29 is 18.8 Å². The highest BCUT2D eigenvalue weighted by Crippen LogP contribution is 2.36. The maximum atomic E-state index is 12.0. The molecule has 0 aliphatic carbocycles. The Morgan fingerprint density at radius 1 is 1.12 bits per heavy atom. The molecular weight excluding hydrogens is 331 g/mol. The molecule has 1 aromatic heterocycles. The SMILES string of the molecule is CC1(C)OB(c2cncc(NC(=O)OCc3ccccc3)c2)OC1(C)C. The Balaban J connectivity index is 1.62. The zero-order valence-corrected chi connectivity index (χ0v) is 15.5. The number of anilines is 1. The van der Waals surface area contributed by atoms with E-state index in [9.17, 15) is 4.79 Å². The molecule has 1 N–H and O–H groups in total. The minimum Gasteiger partial charge on any atom is -0.444 e. The molecule has 0 atom stereocenters. The van der Waals surface area contributed by atoms with Gasteiger partial charge in [-0.3, -0.25) is 10.3 Å². The van der Waals surface area contributed by atoms with Crippen LogP contribution in [-0.4, -0.2) is 29.4 Å². The average Bonchev–Trinajstić information content (AvgIpc) is 2.82. The Morgan fingerprint density at radius 2 is 1.77 bits per heavy atom. The first-order valence-electron chi connectivity index (χ1n) is 8.55. The highest BCUT2D eigenvalue weighted by atomic mass is 16.7. The summed E-state index contributed by atoms with van der Waals surface area (Å²) in [6, 6.07) is 11.3. The molecule has 1 aliphatic rings. The van der Waals surface area contributed by atoms with E-state index in [4.69, 9.17) is 14.0 Å². The first-order chi connectivity index (χ1) is 12.3. The van der Waals surface area contributed by atoms with E-state index in [1.54, 1.807) is 18.5 Å². The lowest BCUT2D eigenvalue weighted by atomic mass is 9.80. The predicted octanol–water partition coefficient (Wildman–Crippen LogP) is 3.13. The number of hydrogen-bond acceptors (Lipinski definition) is 5. The molecule has 1 amide bonds. The molecule has 1 fully saturated rings. The van der Waals surface area contributed by atoms with Crippen LogP contribution < -0.4 is 10.8 Å². The van der Waals surface area contributed by atoms with Crippen molar-refractivity contribution in [1.29, 1.82) is 0 Å². The van der Waals surface area contributed by atoms with Crippen LogP contribution in [0, 0.1) is 0 Å². The highest BCUT2D eigenvalue weighted by Gasteiger charge is 2.51. The van der Waals surface area contributed by atoms with Gasteiger partial charge in [0.05, 0.1) is 23.1 Å². The van der Waals surface area contributed by atoms with E-state index in [0.29, 0.717) is 5.69 Å². The van der Waals surface area contributed by atoms with Crippen LogP contribution in [0.15, 0.2) is 48.8 Å². The Hall–Kier alpha value is -2.38. The second-order valence-electron chi connectivity index (χ2n) is 7.28. The Kier molecular flexibility index (Phi) is 5.02. The summed E-state index contributed by atoms with van der Waals surface area (Å²) in [6.07, 6.45) is 2.68. The Labute approximate surface area is 154 Å². The van der Waals surface area contributed by atoms with Gasteiger partial charge in [-0.2, -0.15) is 0 Å². The normalized spacial score (nSPS) is 17.8. The third kappa shape index (κ3) is 4.06. The molecule has 0 bridgehead atoms. The lowest BCUT2D eigenvalue weighted by molar-refractivity contribution is 0.00578. The molecule has 136 valence electrons. The standard InChI is InChI=1S/C19H23BN2O4/c1-18(2)19(3,4)26-20(25-18)15-10-16(12-21-11-15)22-17(23)24-13-14-8-6-5-7-9-14/h5-12H,13H2,1-4H3,(H,22,23). The van der Waals surface area contributed by atoms with Gasteiger partial charge in [0.25, 0.3) is 0 Å². The molecule has 1 saturated heterocycles. The van der Waals surface area contributed by atoms with Crippen molar-refractivity contribution in [3.05, 3.63) is 54.4 Å². The lowest BCUT2D eigenvalue weighted by Gasteiger charge is -2.32. The molecule has 2 aromatic rings. The van der Waals surface area contributed by atoms with Crippen molar-refractivity contribution >= 4 is 24.4 Å². The van der Waals surface area contributed by atoms with E-state index >= 15 is 0 Å². The zero-order valence-electron chi connectivity index (χ0n) is 15.5. The first kappa shape index (κ1) is 18.4. The second-order valence-corrected chi connectivity index (χ2v) is 7.28. The monoisotopic (exact) mass is 354 g/mol. The van der Waals surface area contributed by atoms with Crippen LogP contribution in [0.1, 0.15) is 33.3 Å². The minimum atomic E-state index is -0.540. The van der Waals surface area contributed by atoms with E-state index < -0.39 is 24.4 Å². The summed E-state index contributed by atoms with van der Waals surface area (Å²) in [4.78, 5) is 16.2. The molecule has 0 saturated carbocycles. The molecular formula is C19H23BN2O4. The fourth-order valence-electron chi connectivity index (χ4n) is 2.51. The number of pyridine rings is 1. The zero-order chi connectivity index (χ0) is 18.8. The second kappa shape index (κ2) is 7.09. The molecule has 6 nitrogen and oxygen atoms in total.